The van der Waals surface area contributed by atoms with Gasteiger partial charge in [-0.05, 0) is 31.0 Å². The van der Waals surface area contributed by atoms with Gasteiger partial charge in [-0.25, -0.2) is 4.98 Å². The van der Waals surface area contributed by atoms with Crippen LogP contribution in [0, 0.1) is 0 Å². The maximum Gasteiger partial charge on any atom is 0.227 e. The van der Waals surface area contributed by atoms with Gasteiger partial charge in [0.25, 0.3) is 0 Å². The van der Waals surface area contributed by atoms with Crippen LogP contribution in [-0.4, -0.2) is 22.0 Å². The van der Waals surface area contributed by atoms with E-state index in [1.165, 1.54) is 5.56 Å². The molecule has 1 atom stereocenters. The summed E-state index contributed by atoms with van der Waals surface area (Å²) in [5, 5.41) is 3.51. The van der Waals surface area contributed by atoms with E-state index < -0.39 is 0 Å². The summed E-state index contributed by atoms with van der Waals surface area (Å²) in [6.07, 6.45) is 5.30. The Morgan fingerprint density at radius 1 is 1.41 bits per heavy atom. The van der Waals surface area contributed by atoms with E-state index in [-0.39, 0.29) is 11.9 Å². The van der Waals surface area contributed by atoms with Crippen molar-refractivity contribution in [3.05, 3.63) is 48.0 Å². The number of aromatic nitrogens is 2. The average molecular weight is 298 g/mol. The van der Waals surface area contributed by atoms with E-state index in [1.54, 1.807) is 6.33 Å². The lowest BCUT2D eigenvalue weighted by molar-refractivity contribution is -0.117. The third-order valence-corrected chi connectivity index (χ3v) is 4.26. The Bertz CT molecular complexity index is 664. The van der Waals surface area contributed by atoms with Crippen molar-refractivity contribution >= 4 is 11.6 Å². The third kappa shape index (κ3) is 3.04. The van der Waals surface area contributed by atoms with E-state index in [0.29, 0.717) is 6.42 Å². The minimum atomic E-state index is 0.215. The van der Waals surface area contributed by atoms with Crippen LogP contribution in [0.25, 0.3) is 0 Å². The fraction of sp³-hybridized carbons (Fsp3) is 0.412. The Kier molecular flexibility index (Phi) is 4.24. The molecule has 5 heteroatoms. The first kappa shape index (κ1) is 14.8. The lowest BCUT2D eigenvalue weighted by Gasteiger charge is -2.19. The lowest BCUT2D eigenvalue weighted by atomic mass is 10.1. The number of hydrogen-bond donors (Lipinski definition) is 1. The van der Waals surface area contributed by atoms with Crippen LogP contribution in [0.3, 0.4) is 0 Å². The highest BCUT2D eigenvalue weighted by Gasteiger charge is 2.22. The van der Waals surface area contributed by atoms with Crippen LogP contribution in [0.5, 0.6) is 0 Å². The van der Waals surface area contributed by atoms with Gasteiger partial charge in [-0.3, -0.25) is 4.79 Å². The fourth-order valence-electron chi connectivity index (χ4n) is 2.81. The molecule has 1 aromatic heterocycles. The largest absolute Gasteiger partial charge is 0.337 e. The van der Waals surface area contributed by atoms with E-state index in [2.05, 4.69) is 29.4 Å². The summed E-state index contributed by atoms with van der Waals surface area (Å²) in [7, 11) is 1.99. The Labute approximate surface area is 131 Å². The predicted octanol–water partition coefficient (Wildman–Crippen LogP) is 2.40. The van der Waals surface area contributed by atoms with E-state index in [4.69, 9.17) is 0 Å². The molecule has 1 aromatic carbocycles. The number of carbonyl (C=O) groups excluding carboxylic acids is 1. The molecular weight excluding hydrogens is 276 g/mol. The van der Waals surface area contributed by atoms with E-state index in [1.807, 2.05) is 34.8 Å². The van der Waals surface area contributed by atoms with E-state index >= 15 is 0 Å². The molecule has 2 aromatic rings. The van der Waals surface area contributed by atoms with Crippen molar-refractivity contribution in [3.8, 4) is 0 Å². The molecule has 3 rings (SSSR count). The fourth-order valence-corrected chi connectivity index (χ4v) is 2.81. The number of imidazole rings is 1. The van der Waals surface area contributed by atoms with Crippen LogP contribution < -0.4 is 10.2 Å². The van der Waals surface area contributed by atoms with Crippen molar-refractivity contribution in [2.45, 2.75) is 32.4 Å². The number of anilines is 1. The molecule has 116 valence electrons. The quantitative estimate of drug-likeness (QED) is 0.922. The number of carbonyl (C=O) groups is 1. The van der Waals surface area contributed by atoms with Gasteiger partial charge in [0.1, 0.15) is 0 Å². The highest BCUT2D eigenvalue weighted by Crippen LogP contribution is 2.24. The number of hydrogen-bond acceptors (Lipinski definition) is 3. The summed E-state index contributed by atoms with van der Waals surface area (Å²) in [6, 6.07) is 8.47. The van der Waals surface area contributed by atoms with Gasteiger partial charge in [0.2, 0.25) is 5.91 Å². The van der Waals surface area contributed by atoms with Gasteiger partial charge >= 0.3 is 0 Å². The number of amides is 1. The average Bonchev–Trinajstić information content (AvgIpc) is 3.13. The van der Waals surface area contributed by atoms with Gasteiger partial charge in [0.15, 0.2) is 0 Å². The molecule has 22 heavy (non-hydrogen) atoms. The van der Waals surface area contributed by atoms with Crippen molar-refractivity contribution in [1.82, 2.24) is 14.9 Å². The smallest absolute Gasteiger partial charge is 0.227 e. The Morgan fingerprint density at radius 3 is 2.95 bits per heavy atom. The van der Waals surface area contributed by atoms with Crippen molar-refractivity contribution in [3.63, 3.8) is 0 Å². The predicted molar refractivity (Wildman–Crippen MR) is 86.5 cm³/mol. The molecular formula is C17H22N4O. The second kappa shape index (κ2) is 6.32. The summed E-state index contributed by atoms with van der Waals surface area (Å²) in [5.74, 6) is 0.229. The topological polar surface area (TPSA) is 50.2 Å². The molecule has 1 fully saturated rings. The van der Waals surface area contributed by atoms with Crippen molar-refractivity contribution < 1.29 is 4.79 Å². The molecule has 0 bridgehead atoms. The number of aryl methyl sites for hydroxylation is 1. The second-order valence-electron chi connectivity index (χ2n) is 5.84. The number of rotatable bonds is 5. The first-order valence-electron chi connectivity index (χ1n) is 7.74. The molecule has 1 aliphatic heterocycles. The van der Waals surface area contributed by atoms with Crippen LogP contribution in [0.2, 0.25) is 0 Å². The van der Waals surface area contributed by atoms with E-state index in [9.17, 15) is 4.79 Å². The molecule has 1 saturated heterocycles. The monoisotopic (exact) mass is 298 g/mol. The molecule has 0 saturated carbocycles. The van der Waals surface area contributed by atoms with Gasteiger partial charge in [0, 0.05) is 44.5 Å². The molecule has 1 amide bonds. The third-order valence-electron chi connectivity index (χ3n) is 4.26. The standard InChI is InChI=1S/C17H22N4O/c1-13(19-11-16-10-18-12-20(16)2)14-5-3-6-15(9-14)21-8-4-7-17(21)22/h3,5-6,9-10,12-13,19H,4,7-8,11H2,1-2H3. The number of nitrogens with one attached hydrogen (secondary N) is 1. The number of nitrogens with zero attached hydrogens (tertiary/aromatic N) is 3. The molecule has 1 N–H and O–H groups in total. The lowest BCUT2D eigenvalue weighted by Crippen LogP contribution is -2.24. The summed E-state index contributed by atoms with van der Waals surface area (Å²) in [4.78, 5) is 17.9. The van der Waals surface area contributed by atoms with E-state index in [0.717, 1.165) is 30.9 Å². The van der Waals surface area contributed by atoms with Gasteiger partial charge in [-0.15, -0.1) is 0 Å². The van der Waals surface area contributed by atoms with Crippen molar-refractivity contribution in [1.29, 1.82) is 0 Å². The maximum absolute atomic E-state index is 11.9. The first-order chi connectivity index (χ1) is 10.6. The summed E-state index contributed by atoms with van der Waals surface area (Å²) >= 11 is 0. The minimum absolute atomic E-state index is 0.215. The molecule has 2 heterocycles. The molecule has 0 radical (unpaired) electrons. The number of benzene rings is 1. The molecule has 1 aliphatic rings. The van der Waals surface area contributed by atoms with Gasteiger partial charge < -0.3 is 14.8 Å². The van der Waals surface area contributed by atoms with Gasteiger partial charge in [0.05, 0.1) is 12.0 Å². The molecule has 0 aliphatic carbocycles. The van der Waals surface area contributed by atoms with Crippen LogP contribution in [0.1, 0.15) is 37.1 Å². The minimum Gasteiger partial charge on any atom is -0.337 e. The van der Waals surface area contributed by atoms with Crippen molar-refractivity contribution in [2.24, 2.45) is 7.05 Å². The molecule has 0 spiro atoms. The summed E-state index contributed by atoms with van der Waals surface area (Å²) in [5.41, 5.74) is 3.35. The Hall–Kier alpha value is -2.14. The maximum atomic E-state index is 11.9. The normalized spacial score (nSPS) is 16.3. The van der Waals surface area contributed by atoms with Crippen LogP contribution in [0.15, 0.2) is 36.8 Å². The Morgan fingerprint density at radius 2 is 2.27 bits per heavy atom. The highest BCUT2D eigenvalue weighted by atomic mass is 16.2. The highest BCUT2D eigenvalue weighted by molar-refractivity contribution is 5.95. The zero-order chi connectivity index (χ0) is 15.5. The van der Waals surface area contributed by atoms with Gasteiger partial charge in [-0.2, -0.15) is 0 Å². The first-order valence-corrected chi connectivity index (χ1v) is 7.74. The SMILES string of the molecule is CC(NCc1cncn1C)c1cccc(N2CCCC2=O)c1. The zero-order valence-electron chi connectivity index (χ0n) is 13.1. The van der Waals surface area contributed by atoms with Crippen LogP contribution >= 0.6 is 0 Å². The van der Waals surface area contributed by atoms with Crippen LogP contribution in [0.4, 0.5) is 5.69 Å². The molecule has 1 unspecified atom stereocenters. The Balaban J connectivity index is 1.68. The summed E-state index contributed by atoms with van der Waals surface area (Å²) in [6.45, 7) is 3.74. The van der Waals surface area contributed by atoms with Crippen LogP contribution in [-0.2, 0) is 18.4 Å². The van der Waals surface area contributed by atoms with Crippen molar-refractivity contribution in [2.75, 3.05) is 11.4 Å². The van der Waals surface area contributed by atoms with Gasteiger partial charge in [-0.1, -0.05) is 12.1 Å². The molecule has 5 nitrogen and oxygen atoms in total. The summed E-state index contributed by atoms with van der Waals surface area (Å²) < 4.78 is 2.01. The second-order valence-corrected chi connectivity index (χ2v) is 5.84. The zero-order valence-corrected chi connectivity index (χ0v) is 13.1.